The van der Waals surface area contributed by atoms with Crippen molar-refractivity contribution in [3.8, 4) is 17.2 Å². The second-order valence-corrected chi connectivity index (χ2v) is 6.30. The van der Waals surface area contributed by atoms with Gasteiger partial charge in [0.05, 0.1) is 12.7 Å². The van der Waals surface area contributed by atoms with Crippen LogP contribution in [0.4, 0.5) is 5.69 Å². The zero-order valence-electron chi connectivity index (χ0n) is 14.7. The first-order valence-electron chi connectivity index (χ1n) is 8.06. The lowest BCUT2D eigenvalue weighted by atomic mass is 10.0. The van der Waals surface area contributed by atoms with Gasteiger partial charge >= 0.3 is 0 Å². The van der Waals surface area contributed by atoms with Crippen LogP contribution in [0.3, 0.4) is 0 Å². The van der Waals surface area contributed by atoms with Crippen LogP contribution < -0.4 is 20.5 Å². The molecule has 0 unspecified atom stereocenters. The second kappa shape index (κ2) is 8.00. The summed E-state index contributed by atoms with van der Waals surface area (Å²) in [6.45, 7) is 4.95. The van der Waals surface area contributed by atoms with Crippen molar-refractivity contribution in [2.24, 2.45) is 5.73 Å². The molecule has 0 aliphatic heterocycles. The summed E-state index contributed by atoms with van der Waals surface area (Å²) < 4.78 is 11.4. The van der Waals surface area contributed by atoms with Crippen molar-refractivity contribution in [3.63, 3.8) is 0 Å². The average Bonchev–Trinajstić information content (AvgIpc) is 2.56. The lowest BCUT2D eigenvalue weighted by molar-refractivity contribution is -0.121. The predicted molar refractivity (Wildman–Crippen MR) is 97.0 cm³/mol. The van der Waals surface area contributed by atoms with E-state index < -0.39 is 18.1 Å². The van der Waals surface area contributed by atoms with Crippen LogP contribution in [0.15, 0.2) is 48.5 Å². The molecular formula is C19H24N2O4. The Labute approximate surface area is 147 Å². The number of nitrogens with two attached hydrogens (primary N) is 1. The van der Waals surface area contributed by atoms with Gasteiger partial charge in [-0.05, 0) is 57.2 Å². The van der Waals surface area contributed by atoms with Gasteiger partial charge in [-0.15, -0.1) is 0 Å². The van der Waals surface area contributed by atoms with Gasteiger partial charge in [-0.25, -0.2) is 0 Å². The molecule has 1 amide bonds. The lowest BCUT2D eigenvalue weighted by Crippen LogP contribution is -2.51. The average molecular weight is 344 g/mol. The number of aliphatic hydroxyl groups excluding tert-OH is 1. The van der Waals surface area contributed by atoms with E-state index in [1.54, 1.807) is 24.3 Å². The molecule has 0 bridgehead atoms. The maximum Gasteiger partial charge on any atom is 0.246 e. The fourth-order valence-electron chi connectivity index (χ4n) is 1.97. The number of amides is 1. The number of carbonyl (C=O) groups is 1. The highest BCUT2D eigenvalue weighted by molar-refractivity contribution is 5.97. The van der Waals surface area contributed by atoms with Crippen molar-refractivity contribution in [1.82, 2.24) is 0 Å². The van der Waals surface area contributed by atoms with E-state index in [9.17, 15) is 4.79 Å². The summed E-state index contributed by atoms with van der Waals surface area (Å²) >= 11 is 0. The number of anilines is 1. The minimum absolute atomic E-state index is 0.0882. The number of hydrogen-bond acceptors (Lipinski definition) is 5. The van der Waals surface area contributed by atoms with Crippen LogP contribution in [0, 0.1) is 0 Å². The van der Waals surface area contributed by atoms with E-state index in [1.807, 2.05) is 38.1 Å². The number of ether oxygens (including phenoxy) is 2. The number of carbonyl (C=O) groups excluding carboxylic acids is 1. The van der Waals surface area contributed by atoms with E-state index in [1.165, 1.54) is 6.92 Å². The molecule has 0 aliphatic carbocycles. The van der Waals surface area contributed by atoms with Crippen LogP contribution in [0.25, 0.3) is 0 Å². The Morgan fingerprint density at radius 2 is 1.80 bits per heavy atom. The molecule has 0 saturated heterocycles. The predicted octanol–water partition coefficient (Wildman–Crippen LogP) is 2.91. The summed E-state index contributed by atoms with van der Waals surface area (Å²) in [5.41, 5.74) is 4.93. The second-order valence-electron chi connectivity index (χ2n) is 6.30. The van der Waals surface area contributed by atoms with Crippen LogP contribution in [0.5, 0.6) is 17.2 Å². The van der Waals surface area contributed by atoms with Gasteiger partial charge in [-0.2, -0.15) is 0 Å². The molecule has 0 radical (unpaired) electrons. The monoisotopic (exact) mass is 344 g/mol. The molecule has 0 fully saturated rings. The Hall–Kier alpha value is -2.57. The van der Waals surface area contributed by atoms with Gasteiger partial charge in [0.25, 0.3) is 0 Å². The summed E-state index contributed by atoms with van der Waals surface area (Å²) in [6.07, 6.45) is 0.0882. The molecule has 1 atom stereocenters. The molecule has 4 N–H and O–H groups in total. The Bertz CT molecular complexity index is 712. The van der Waals surface area contributed by atoms with E-state index in [0.29, 0.717) is 17.2 Å². The maximum absolute atomic E-state index is 11.9. The Morgan fingerprint density at radius 3 is 2.40 bits per heavy atom. The number of hydrogen-bond donors (Lipinski definition) is 3. The van der Waals surface area contributed by atoms with Gasteiger partial charge < -0.3 is 25.6 Å². The van der Waals surface area contributed by atoms with E-state index >= 15 is 0 Å². The van der Waals surface area contributed by atoms with Crippen molar-refractivity contribution in [3.05, 3.63) is 48.5 Å². The number of aliphatic hydroxyl groups is 1. The molecule has 2 aromatic rings. The summed E-state index contributed by atoms with van der Waals surface area (Å²) in [4.78, 5) is 11.9. The van der Waals surface area contributed by atoms with E-state index in [-0.39, 0.29) is 6.10 Å². The highest BCUT2D eigenvalue weighted by Crippen LogP contribution is 2.26. The van der Waals surface area contributed by atoms with Gasteiger partial charge in [0.1, 0.15) is 22.8 Å². The lowest BCUT2D eigenvalue weighted by Gasteiger charge is -2.20. The molecule has 0 aliphatic rings. The standard InChI is InChI=1S/C19H24N2O4/c1-13(2)24-16-5-4-6-17(11-16)25-15-9-7-14(8-10-15)21-18(23)19(3,20)12-22/h4-11,13,22H,12,20H2,1-3H3,(H,21,23)/t19-/m0/s1. The molecular weight excluding hydrogens is 320 g/mol. The minimum atomic E-state index is -1.33. The van der Waals surface area contributed by atoms with Gasteiger partial charge in [0.2, 0.25) is 5.91 Å². The van der Waals surface area contributed by atoms with Crippen molar-refractivity contribution < 1.29 is 19.4 Å². The van der Waals surface area contributed by atoms with E-state index in [2.05, 4.69) is 5.32 Å². The summed E-state index contributed by atoms with van der Waals surface area (Å²) in [6, 6.07) is 14.3. The van der Waals surface area contributed by atoms with Gasteiger partial charge in [0.15, 0.2) is 0 Å². The molecule has 2 rings (SSSR count). The SMILES string of the molecule is CC(C)Oc1cccc(Oc2ccc(NC(=O)[C@@](C)(N)CO)cc2)c1. The van der Waals surface area contributed by atoms with E-state index in [4.69, 9.17) is 20.3 Å². The zero-order valence-corrected chi connectivity index (χ0v) is 14.7. The fraction of sp³-hybridized carbons (Fsp3) is 0.316. The third kappa shape index (κ3) is 5.48. The van der Waals surface area contributed by atoms with Crippen molar-refractivity contribution in [2.45, 2.75) is 32.4 Å². The Morgan fingerprint density at radius 1 is 1.16 bits per heavy atom. The van der Waals surface area contributed by atoms with Crippen molar-refractivity contribution >= 4 is 11.6 Å². The molecule has 0 saturated carbocycles. The topological polar surface area (TPSA) is 93.8 Å². The quantitative estimate of drug-likeness (QED) is 0.718. The number of nitrogens with one attached hydrogen (secondary N) is 1. The fourth-order valence-corrected chi connectivity index (χ4v) is 1.97. The van der Waals surface area contributed by atoms with Crippen LogP contribution >= 0.6 is 0 Å². The molecule has 0 heterocycles. The van der Waals surface area contributed by atoms with Gasteiger partial charge in [-0.1, -0.05) is 6.07 Å². The molecule has 2 aromatic carbocycles. The van der Waals surface area contributed by atoms with Crippen LogP contribution in [0.2, 0.25) is 0 Å². The first-order valence-corrected chi connectivity index (χ1v) is 8.06. The molecule has 134 valence electrons. The normalized spacial score (nSPS) is 13.2. The zero-order chi connectivity index (χ0) is 18.4. The highest BCUT2D eigenvalue weighted by atomic mass is 16.5. The molecule has 0 aromatic heterocycles. The van der Waals surface area contributed by atoms with Crippen LogP contribution in [-0.2, 0) is 4.79 Å². The first-order chi connectivity index (χ1) is 11.8. The smallest absolute Gasteiger partial charge is 0.246 e. The summed E-state index contributed by atoms with van der Waals surface area (Å²) in [7, 11) is 0. The minimum Gasteiger partial charge on any atom is -0.491 e. The third-order valence-electron chi connectivity index (χ3n) is 3.37. The summed E-state index contributed by atoms with van der Waals surface area (Å²) in [5, 5.41) is 11.8. The van der Waals surface area contributed by atoms with Gasteiger partial charge in [-0.3, -0.25) is 4.79 Å². The highest BCUT2D eigenvalue weighted by Gasteiger charge is 2.27. The van der Waals surface area contributed by atoms with Crippen molar-refractivity contribution in [2.75, 3.05) is 11.9 Å². The van der Waals surface area contributed by atoms with Crippen LogP contribution in [-0.4, -0.2) is 29.3 Å². The molecule has 0 spiro atoms. The van der Waals surface area contributed by atoms with Gasteiger partial charge in [0, 0.05) is 11.8 Å². The Balaban J connectivity index is 2.02. The molecule has 6 nitrogen and oxygen atoms in total. The number of benzene rings is 2. The van der Waals surface area contributed by atoms with Crippen LogP contribution in [0.1, 0.15) is 20.8 Å². The summed E-state index contributed by atoms with van der Waals surface area (Å²) in [5.74, 6) is 1.56. The molecule has 25 heavy (non-hydrogen) atoms. The van der Waals surface area contributed by atoms with Crippen molar-refractivity contribution in [1.29, 1.82) is 0 Å². The van der Waals surface area contributed by atoms with E-state index in [0.717, 1.165) is 5.75 Å². The number of rotatable bonds is 7. The Kier molecular flexibility index (Phi) is 6.01. The molecule has 6 heteroatoms. The first kappa shape index (κ1) is 18.8. The largest absolute Gasteiger partial charge is 0.491 e. The maximum atomic E-state index is 11.9. The third-order valence-corrected chi connectivity index (χ3v) is 3.37.